The largest absolute Gasteiger partial charge is 0.395 e. The third-order valence-corrected chi connectivity index (χ3v) is 4.21. The number of rotatable bonds is 6. The molecule has 0 atom stereocenters. The lowest BCUT2D eigenvalue weighted by Gasteiger charge is -2.30. The fraction of sp³-hybridized carbons (Fsp3) is 0.500. The lowest BCUT2D eigenvalue weighted by Crippen LogP contribution is -2.36. The SMILES string of the molecule is CS(=O)(=O)CCC(CO)(CO)c1ccc(Cl)cc1. The van der Waals surface area contributed by atoms with Gasteiger partial charge in [-0.25, -0.2) is 8.42 Å². The number of hydrogen-bond acceptors (Lipinski definition) is 4. The van der Waals surface area contributed by atoms with E-state index in [9.17, 15) is 18.6 Å². The Bertz CT molecular complexity index is 477. The zero-order valence-corrected chi connectivity index (χ0v) is 11.7. The second kappa shape index (κ2) is 6.02. The van der Waals surface area contributed by atoms with E-state index in [1.165, 1.54) is 0 Å². The Morgan fingerprint density at radius 1 is 1.17 bits per heavy atom. The minimum atomic E-state index is -3.14. The van der Waals surface area contributed by atoms with Gasteiger partial charge in [0.05, 0.1) is 19.0 Å². The number of aliphatic hydroxyl groups is 2. The van der Waals surface area contributed by atoms with Crippen molar-refractivity contribution in [1.29, 1.82) is 0 Å². The van der Waals surface area contributed by atoms with Crippen LogP contribution in [0.4, 0.5) is 0 Å². The summed E-state index contributed by atoms with van der Waals surface area (Å²) in [4.78, 5) is 0. The van der Waals surface area contributed by atoms with Gasteiger partial charge < -0.3 is 10.2 Å². The van der Waals surface area contributed by atoms with Crippen LogP contribution in [-0.2, 0) is 15.3 Å². The number of aliphatic hydroxyl groups excluding tert-OH is 2. The molecular formula is C12H17ClO4S. The molecule has 4 nitrogen and oxygen atoms in total. The molecule has 0 heterocycles. The molecule has 1 aromatic carbocycles. The van der Waals surface area contributed by atoms with Crippen molar-refractivity contribution in [3.63, 3.8) is 0 Å². The van der Waals surface area contributed by atoms with Gasteiger partial charge in [0, 0.05) is 16.7 Å². The van der Waals surface area contributed by atoms with Crippen molar-refractivity contribution in [2.24, 2.45) is 0 Å². The molecule has 0 radical (unpaired) electrons. The molecule has 0 unspecified atom stereocenters. The highest BCUT2D eigenvalue weighted by atomic mass is 35.5. The van der Waals surface area contributed by atoms with Crippen LogP contribution in [-0.4, -0.2) is 43.9 Å². The Hall–Kier alpha value is -0.620. The average molecular weight is 293 g/mol. The van der Waals surface area contributed by atoms with E-state index >= 15 is 0 Å². The highest BCUT2D eigenvalue weighted by Crippen LogP contribution is 2.29. The molecule has 0 saturated heterocycles. The molecule has 0 aromatic heterocycles. The van der Waals surface area contributed by atoms with Crippen LogP contribution in [0.15, 0.2) is 24.3 Å². The van der Waals surface area contributed by atoms with Crippen molar-refractivity contribution in [2.45, 2.75) is 11.8 Å². The first-order valence-corrected chi connectivity index (χ1v) is 7.92. The standard InChI is InChI=1S/C12H17ClO4S/c1-18(16,17)7-6-12(8-14,9-15)10-2-4-11(13)5-3-10/h2-5,14-15H,6-9H2,1H3. The van der Waals surface area contributed by atoms with E-state index in [1.807, 2.05) is 0 Å². The van der Waals surface area contributed by atoms with E-state index in [2.05, 4.69) is 0 Å². The fourth-order valence-electron chi connectivity index (χ4n) is 1.72. The topological polar surface area (TPSA) is 74.6 Å². The van der Waals surface area contributed by atoms with Crippen molar-refractivity contribution >= 4 is 21.4 Å². The van der Waals surface area contributed by atoms with Crippen LogP contribution in [0.25, 0.3) is 0 Å². The Morgan fingerprint density at radius 3 is 2.06 bits per heavy atom. The normalized spacial score (nSPS) is 12.7. The lowest BCUT2D eigenvalue weighted by molar-refractivity contribution is 0.114. The van der Waals surface area contributed by atoms with Crippen LogP contribution in [0.5, 0.6) is 0 Å². The molecule has 0 aliphatic rings. The molecule has 0 saturated carbocycles. The van der Waals surface area contributed by atoms with E-state index < -0.39 is 15.3 Å². The van der Waals surface area contributed by atoms with Crippen LogP contribution >= 0.6 is 11.6 Å². The number of halogens is 1. The second-order valence-corrected chi connectivity index (χ2v) is 7.18. The summed E-state index contributed by atoms with van der Waals surface area (Å²) in [7, 11) is -3.14. The van der Waals surface area contributed by atoms with Gasteiger partial charge in [-0.15, -0.1) is 0 Å². The molecule has 0 aliphatic heterocycles. The molecule has 6 heteroatoms. The van der Waals surface area contributed by atoms with Gasteiger partial charge in [-0.3, -0.25) is 0 Å². The molecule has 0 amide bonds. The van der Waals surface area contributed by atoms with Crippen LogP contribution in [0.3, 0.4) is 0 Å². The van der Waals surface area contributed by atoms with Gasteiger partial charge in [0.15, 0.2) is 0 Å². The van der Waals surface area contributed by atoms with Gasteiger partial charge in [0.2, 0.25) is 0 Å². The minimum Gasteiger partial charge on any atom is -0.395 e. The predicted molar refractivity (Wildman–Crippen MR) is 71.6 cm³/mol. The first-order valence-electron chi connectivity index (χ1n) is 5.48. The number of benzene rings is 1. The molecule has 102 valence electrons. The summed E-state index contributed by atoms with van der Waals surface area (Å²) in [6, 6.07) is 6.68. The summed E-state index contributed by atoms with van der Waals surface area (Å²) in [5.41, 5.74) is -0.270. The zero-order chi connectivity index (χ0) is 13.8. The smallest absolute Gasteiger partial charge is 0.147 e. The Balaban J connectivity index is 3.02. The molecule has 0 spiro atoms. The third kappa shape index (κ3) is 3.95. The Morgan fingerprint density at radius 2 is 1.67 bits per heavy atom. The van der Waals surface area contributed by atoms with E-state index in [0.29, 0.717) is 10.6 Å². The summed E-state index contributed by atoms with van der Waals surface area (Å²) < 4.78 is 22.4. The maximum atomic E-state index is 11.2. The summed E-state index contributed by atoms with van der Waals surface area (Å²) in [5.74, 6) is -0.0866. The zero-order valence-electron chi connectivity index (χ0n) is 10.1. The van der Waals surface area contributed by atoms with Crippen molar-refractivity contribution in [3.8, 4) is 0 Å². The Labute approximate surface area is 112 Å². The molecule has 1 rings (SSSR count). The maximum absolute atomic E-state index is 11.2. The molecule has 2 N–H and O–H groups in total. The summed E-state index contributed by atoms with van der Waals surface area (Å²) in [6.45, 7) is -0.638. The van der Waals surface area contributed by atoms with Crippen LogP contribution in [0.2, 0.25) is 5.02 Å². The van der Waals surface area contributed by atoms with Crippen LogP contribution < -0.4 is 0 Å². The van der Waals surface area contributed by atoms with Gasteiger partial charge in [0.1, 0.15) is 9.84 Å². The van der Waals surface area contributed by atoms with E-state index in [0.717, 1.165) is 6.26 Å². The highest BCUT2D eigenvalue weighted by molar-refractivity contribution is 7.90. The van der Waals surface area contributed by atoms with Gasteiger partial charge in [-0.05, 0) is 24.1 Å². The lowest BCUT2D eigenvalue weighted by atomic mass is 9.79. The van der Waals surface area contributed by atoms with Crippen LogP contribution in [0, 0.1) is 0 Å². The molecule has 0 aliphatic carbocycles. The second-order valence-electron chi connectivity index (χ2n) is 4.48. The summed E-state index contributed by atoms with van der Waals surface area (Å²) in [5, 5.41) is 19.6. The highest BCUT2D eigenvalue weighted by Gasteiger charge is 2.31. The van der Waals surface area contributed by atoms with E-state index in [-0.39, 0.29) is 25.4 Å². The van der Waals surface area contributed by atoms with Gasteiger partial charge in [-0.1, -0.05) is 23.7 Å². The van der Waals surface area contributed by atoms with Crippen molar-refractivity contribution in [2.75, 3.05) is 25.2 Å². The van der Waals surface area contributed by atoms with Gasteiger partial charge in [-0.2, -0.15) is 0 Å². The minimum absolute atomic E-state index is 0.0866. The molecule has 1 aromatic rings. The predicted octanol–water partition coefficient (Wildman–Crippen LogP) is 0.997. The fourth-order valence-corrected chi connectivity index (χ4v) is 2.61. The van der Waals surface area contributed by atoms with Gasteiger partial charge in [0.25, 0.3) is 0 Å². The third-order valence-electron chi connectivity index (χ3n) is 3.01. The molecule has 0 fully saturated rings. The molecular weight excluding hydrogens is 276 g/mol. The molecule has 18 heavy (non-hydrogen) atoms. The van der Waals surface area contributed by atoms with Crippen molar-refractivity contribution in [3.05, 3.63) is 34.9 Å². The molecule has 0 bridgehead atoms. The van der Waals surface area contributed by atoms with Crippen LogP contribution in [0.1, 0.15) is 12.0 Å². The quantitative estimate of drug-likeness (QED) is 0.820. The summed E-state index contributed by atoms with van der Waals surface area (Å²) >= 11 is 5.78. The first-order chi connectivity index (χ1) is 8.33. The number of hydrogen-bond donors (Lipinski definition) is 2. The number of sulfone groups is 1. The van der Waals surface area contributed by atoms with Gasteiger partial charge >= 0.3 is 0 Å². The first kappa shape index (κ1) is 15.4. The van der Waals surface area contributed by atoms with Crippen molar-refractivity contribution < 1.29 is 18.6 Å². The van der Waals surface area contributed by atoms with Crippen molar-refractivity contribution in [1.82, 2.24) is 0 Å². The summed E-state index contributed by atoms with van der Waals surface area (Å²) in [6.07, 6.45) is 1.30. The van der Waals surface area contributed by atoms with E-state index in [1.54, 1.807) is 24.3 Å². The maximum Gasteiger partial charge on any atom is 0.147 e. The average Bonchev–Trinajstić information content (AvgIpc) is 2.32. The Kier molecular flexibility index (Phi) is 5.16. The monoisotopic (exact) mass is 292 g/mol. The van der Waals surface area contributed by atoms with E-state index in [4.69, 9.17) is 11.6 Å².